The third-order valence-electron chi connectivity index (χ3n) is 8.72. The van der Waals surface area contributed by atoms with E-state index in [9.17, 15) is 9.59 Å². The molecule has 0 radical (unpaired) electrons. The van der Waals surface area contributed by atoms with Gasteiger partial charge in [-0.1, -0.05) is 95.6 Å². The first-order chi connectivity index (χ1) is 21.8. The Kier molecular flexibility index (Phi) is 17.0. The maximum Gasteiger partial charge on any atom is 0.319 e. The van der Waals surface area contributed by atoms with E-state index in [1.807, 2.05) is 56.3 Å². The highest BCUT2D eigenvalue weighted by Gasteiger charge is 2.37. The second-order valence-electron chi connectivity index (χ2n) is 11.5. The summed E-state index contributed by atoms with van der Waals surface area (Å²) in [6.07, 6.45) is 6.97. The number of carbonyl (C=O) groups excluding carboxylic acids is 2. The van der Waals surface area contributed by atoms with Crippen LogP contribution < -0.4 is 15.4 Å². The molecule has 0 aliphatic carbocycles. The number of benzene rings is 3. The molecule has 0 saturated carbocycles. The van der Waals surface area contributed by atoms with E-state index in [1.165, 1.54) is 11.1 Å². The number of carbonyl (C=O) groups is 2. The number of likely N-dealkylation sites (tertiary alicyclic amines) is 1. The fourth-order valence-electron chi connectivity index (χ4n) is 5.79. The highest BCUT2D eigenvalue weighted by Crippen LogP contribution is 2.37. The Morgan fingerprint density at radius 2 is 1.40 bits per heavy atom. The Morgan fingerprint density at radius 1 is 0.844 bits per heavy atom. The molecule has 3 aromatic rings. The Bertz CT molecular complexity index is 1210. The van der Waals surface area contributed by atoms with E-state index in [4.69, 9.17) is 4.74 Å². The van der Waals surface area contributed by atoms with Gasteiger partial charge in [0.25, 0.3) is 0 Å². The number of aryl methyl sites for hydroxylation is 2. The van der Waals surface area contributed by atoms with Gasteiger partial charge in [-0.25, -0.2) is 4.79 Å². The minimum absolute atomic E-state index is 0.0976. The number of rotatable bonds is 12. The Balaban J connectivity index is 0.000000495. The highest BCUT2D eigenvalue weighted by atomic mass is 16.5. The third kappa shape index (κ3) is 12.3. The molecule has 4 rings (SSSR count). The van der Waals surface area contributed by atoms with Crippen LogP contribution in [0.4, 0.5) is 10.5 Å². The van der Waals surface area contributed by atoms with Crippen molar-refractivity contribution in [1.82, 2.24) is 10.2 Å². The molecule has 0 bridgehead atoms. The largest absolute Gasteiger partial charge is 0.497 e. The van der Waals surface area contributed by atoms with Crippen LogP contribution >= 0.6 is 0 Å². The summed E-state index contributed by atoms with van der Waals surface area (Å²) in [4.78, 5) is 27.5. The fourth-order valence-corrected chi connectivity index (χ4v) is 5.79. The lowest BCUT2D eigenvalue weighted by Gasteiger charge is -2.40. The van der Waals surface area contributed by atoms with E-state index in [0.717, 1.165) is 75.9 Å². The fraction of sp³-hybridized carbons (Fsp3) is 0.487. The van der Waals surface area contributed by atoms with Crippen molar-refractivity contribution < 1.29 is 14.3 Å². The molecule has 2 amide bonds. The number of hydrogen-bond acceptors (Lipinski definition) is 4. The van der Waals surface area contributed by atoms with Gasteiger partial charge in [-0.2, -0.15) is 0 Å². The van der Waals surface area contributed by atoms with Gasteiger partial charge in [0, 0.05) is 17.6 Å². The molecule has 1 atom stereocenters. The zero-order chi connectivity index (χ0) is 33.1. The topological polar surface area (TPSA) is 70.7 Å². The lowest BCUT2D eigenvalue weighted by molar-refractivity contribution is -0.129. The highest BCUT2D eigenvalue weighted by molar-refractivity contribution is 5.89. The van der Waals surface area contributed by atoms with E-state index in [-0.39, 0.29) is 17.5 Å². The summed E-state index contributed by atoms with van der Waals surface area (Å²) in [6.45, 7) is 15.0. The van der Waals surface area contributed by atoms with Crippen molar-refractivity contribution in [2.24, 2.45) is 5.41 Å². The monoisotopic (exact) mass is 615 g/mol. The van der Waals surface area contributed by atoms with E-state index in [2.05, 4.69) is 72.7 Å². The molecular formula is C39H57N3O3. The van der Waals surface area contributed by atoms with Crippen molar-refractivity contribution in [2.45, 2.75) is 92.5 Å². The Labute approximate surface area is 273 Å². The first kappa shape index (κ1) is 37.5. The summed E-state index contributed by atoms with van der Waals surface area (Å²) in [7, 11) is 1.62. The first-order valence-corrected chi connectivity index (χ1v) is 16.9. The molecule has 6 nitrogen and oxygen atoms in total. The summed E-state index contributed by atoms with van der Waals surface area (Å²) in [6, 6.07) is 25.9. The van der Waals surface area contributed by atoms with Gasteiger partial charge < -0.3 is 20.3 Å². The molecule has 1 aliphatic rings. The molecule has 1 saturated heterocycles. The number of nitrogens with zero attached hydrogens (tertiary/aromatic N) is 1. The van der Waals surface area contributed by atoms with Crippen LogP contribution in [0.25, 0.3) is 0 Å². The van der Waals surface area contributed by atoms with Crippen molar-refractivity contribution in [3.8, 4) is 5.75 Å². The molecule has 1 heterocycles. The smallest absolute Gasteiger partial charge is 0.319 e. The number of Topliss-reactive ketones (excluding diaryl/α,β-unsaturated/α-hetero) is 1. The number of ketones is 1. The molecular weight excluding hydrogens is 558 g/mol. The predicted octanol–water partition coefficient (Wildman–Crippen LogP) is 9.26. The average molecular weight is 616 g/mol. The number of methoxy groups -OCH3 is 1. The van der Waals surface area contributed by atoms with Crippen molar-refractivity contribution in [2.75, 3.05) is 32.1 Å². The molecule has 246 valence electrons. The zero-order valence-electron chi connectivity index (χ0n) is 28.8. The van der Waals surface area contributed by atoms with Crippen LogP contribution in [0.1, 0.15) is 96.4 Å². The van der Waals surface area contributed by atoms with Crippen molar-refractivity contribution >= 4 is 17.5 Å². The number of anilines is 1. The number of ether oxygens (including phenoxy) is 1. The molecule has 0 spiro atoms. The molecule has 1 aliphatic heterocycles. The van der Waals surface area contributed by atoms with Crippen LogP contribution in [0.2, 0.25) is 0 Å². The van der Waals surface area contributed by atoms with Gasteiger partial charge in [0.2, 0.25) is 0 Å². The third-order valence-corrected chi connectivity index (χ3v) is 8.72. The van der Waals surface area contributed by atoms with E-state index in [1.54, 1.807) is 14.0 Å². The van der Waals surface area contributed by atoms with E-state index >= 15 is 0 Å². The summed E-state index contributed by atoms with van der Waals surface area (Å²) in [5.41, 5.74) is 4.52. The van der Waals surface area contributed by atoms with Gasteiger partial charge in [-0.3, -0.25) is 4.79 Å². The number of urea groups is 1. The average Bonchev–Trinajstić information content (AvgIpc) is 3.09. The molecule has 3 aromatic carbocycles. The van der Waals surface area contributed by atoms with Crippen LogP contribution in [0.5, 0.6) is 5.75 Å². The second kappa shape index (κ2) is 20.4. The molecule has 2 N–H and O–H groups in total. The van der Waals surface area contributed by atoms with Gasteiger partial charge in [-0.05, 0) is 99.5 Å². The number of piperidine rings is 1. The van der Waals surface area contributed by atoms with Crippen LogP contribution in [0, 0.1) is 5.41 Å². The second-order valence-corrected chi connectivity index (χ2v) is 11.5. The SMILES string of the molecule is CC.CCCC1(C(C)=O)CCN(CCC(NC(=O)Nc2ccc(OC)cc2)c2ccccc2)CC1.CCc1ccc(CC)cc1. The molecule has 1 fully saturated rings. The first-order valence-electron chi connectivity index (χ1n) is 16.9. The molecule has 1 unspecified atom stereocenters. The summed E-state index contributed by atoms with van der Waals surface area (Å²) >= 11 is 0. The van der Waals surface area contributed by atoms with Crippen molar-refractivity contribution in [1.29, 1.82) is 0 Å². The normalized spacial score (nSPS) is 14.5. The van der Waals surface area contributed by atoms with Gasteiger partial charge in [0.1, 0.15) is 11.5 Å². The minimum Gasteiger partial charge on any atom is -0.497 e. The molecule has 45 heavy (non-hydrogen) atoms. The maximum atomic E-state index is 12.7. The van der Waals surface area contributed by atoms with Gasteiger partial charge in [-0.15, -0.1) is 0 Å². The maximum absolute atomic E-state index is 12.7. The summed E-state index contributed by atoms with van der Waals surface area (Å²) in [5.74, 6) is 1.08. The standard InChI is InChI=1S/C27H37N3O3.C10H14.C2H6/c1-4-15-27(21(2)31)16-19-30(20-17-27)18-14-25(22-8-6-5-7-9-22)29-26(32)28-23-10-12-24(33-3)13-11-23;1-3-9-5-7-10(4-2)8-6-9;1-2/h5-13,25H,4,14-20H2,1-3H3,(H2,28,29,32);5-8H,3-4H2,1-2H3;1-2H3. The van der Waals surface area contributed by atoms with Gasteiger partial charge >= 0.3 is 6.03 Å². The number of nitrogens with one attached hydrogen (secondary N) is 2. The van der Waals surface area contributed by atoms with Crippen LogP contribution in [0.15, 0.2) is 78.9 Å². The van der Waals surface area contributed by atoms with Gasteiger partial charge in [0.05, 0.1) is 13.2 Å². The van der Waals surface area contributed by atoms with Gasteiger partial charge in [0.15, 0.2) is 0 Å². The zero-order valence-corrected chi connectivity index (χ0v) is 28.8. The molecule has 0 aromatic heterocycles. The minimum atomic E-state index is -0.230. The Morgan fingerprint density at radius 3 is 1.87 bits per heavy atom. The number of amides is 2. The van der Waals surface area contributed by atoms with Crippen LogP contribution in [-0.4, -0.2) is 43.5 Å². The van der Waals surface area contributed by atoms with E-state index in [0.29, 0.717) is 11.5 Å². The lowest BCUT2D eigenvalue weighted by atomic mass is 9.72. The van der Waals surface area contributed by atoms with Crippen LogP contribution in [-0.2, 0) is 17.6 Å². The van der Waals surface area contributed by atoms with E-state index < -0.39 is 0 Å². The lowest BCUT2D eigenvalue weighted by Crippen LogP contribution is -2.44. The Hall–Kier alpha value is -3.64. The quantitative estimate of drug-likeness (QED) is 0.213. The summed E-state index contributed by atoms with van der Waals surface area (Å²) < 4.78 is 5.17. The molecule has 6 heteroatoms. The number of hydrogen-bond donors (Lipinski definition) is 2. The van der Waals surface area contributed by atoms with Crippen LogP contribution in [0.3, 0.4) is 0 Å². The predicted molar refractivity (Wildman–Crippen MR) is 189 cm³/mol. The summed E-state index contributed by atoms with van der Waals surface area (Å²) in [5, 5.41) is 6.05. The van der Waals surface area contributed by atoms with Crippen molar-refractivity contribution in [3.05, 3.63) is 95.6 Å². The van der Waals surface area contributed by atoms with Crippen molar-refractivity contribution in [3.63, 3.8) is 0 Å².